The standard InChI is InChI=1S/C36H38ClF3N8O5/c1-22-5-10-25(11-6-22)43-30(50)31(51)48-15-4-16-52-28-14-7-23(17-27(28)37)18-41-32-45-33(47-34(46-32)53-21-36(38,39)40)44-26-12-8-24(9-13-26)29(49)42-19-35(2,3)20-48/h5-14,17H,4,15-16,18-21H2,1-3H3,(H,42,49)(H,43,50)(H2,41,44,45,46,47). The van der Waals surface area contributed by atoms with E-state index in [2.05, 4.69) is 36.2 Å². The summed E-state index contributed by atoms with van der Waals surface area (Å²) in [5, 5.41) is 11.7. The van der Waals surface area contributed by atoms with Crippen molar-refractivity contribution in [1.29, 1.82) is 0 Å². The van der Waals surface area contributed by atoms with Gasteiger partial charge in [-0.1, -0.05) is 49.2 Å². The molecule has 4 N–H and O–H groups in total. The molecule has 0 saturated heterocycles. The SMILES string of the molecule is Cc1ccc(NC(=O)C(=O)N2CCCOc3ccc(cc3Cl)CNc3nc(nc(OCC(F)(F)F)n3)Nc3ccc(cc3)C(=O)NCC(C)(C)C2)cc1. The molecular weight excluding hydrogens is 717 g/mol. The molecule has 0 aliphatic carbocycles. The summed E-state index contributed by atoms with van der Waals surface area (Å²) in [4.78, 5) is 53.3. The lowest BCUT2D eigenvalue weighted by molar-refractivity contribution is -0.154. The first-order valence-corrected chi connectivity index (χ1v) is 16.9. The van der Waals surface area contributed by atoms with Gasteiger partial charge in [-0.2, -0.15) is 28.1 Å². The molecule has 1 aromatic heterocycles. The smallest absolute Gasteiger partial charge is 0.422 e. The third-order valence-corrected chi connectivity index (χ3v) is 8.09. The van der Waals surface area contributed by atoms with E-state index in [0.717, 1.165) is 5.56 Å². The van der Waals surface area contributed by atoms with Gasteiger partial charge in [-0.25, -0.2) is 0 Å². The van der Waals surface area contributed by atoms with Crippen molar-refractivity contribution in [3.05, 3.63) is 88.4 Å². The highest BCUT2D eigenvalue weighted by atomic mass is 35.5. The fourth-order valence-electron chi connectivity index (χ4n) is 5.14. The van der Waals surface area contributed by atoms with E-state index in [9.17, 15) is 27.6 Å². The lowest BCUT2D eigenvalue weighted by Gasteiger charge is -2.32. The Hall–Kier alpha value is -5.64. The number of carbonyl (C=O) groups is 3. The van der Waals surface area contributed by atoms with Crippen LogP contribution in [-0.2, 0) is 16.1 Å². The van der Waals surface area contributed by atoms with E-state index in [-0.39, 0.29) is 55.6 Å². The summed E-state index contributed by atoms with van der Waals surface area (Å²) < 4.78 is 49.4. The van der Waals surface area contributed by atoms with Crippen LogP contribution in [0, 0.1) is 12.3 Å². The number of carbonyl (C=O) groups excluding carboxylic acids is 3. The highest BCUT2D eigenvalue weighted by Gasteiger charge is 2.30. The van der Waals surface area contributed by atoms with Crippen molar-refractivity contribution >= 4 is 52.6 Å². The largest absolute Gasteiger partial charge is 0.492 e. The summed E-state index contributed by atoms with van der Waals surface area (Å²) in [6, 6.07) is 17.8. The Morgan fingerprint density at radius 1 is 1.00 bits per heavy atom. The Morgan fingerprint density at radius 2 is 1.72 bits per heavy atom. The first-order valence-electron chi connectivity index (χ1n) is 16.6. The maximum absolute atomic E-state index is 13.5. The van der Waals surface area contributed by atoms with Crippen LogP contribution in [0.2, 0.25) is 5.02 Å². The van der Waals surface area contributed by atoms with Crippen LogP contribution in [0.15, 0.2) is 66.7 Å². The molecule has 0 unspecified atom stereocenters. The number of halogens is 4. The topological polar surface area (TPSA) is 160 Å². The minimum atomic E-state index is -4.62. The average molecular weight is 755 g/mol. The van der Waals surface area contributed by atoms with Crippen molar-refractivity contribution in [2.75, 3.05) is 48.8 Å². The molecule has 280 valence electrons. The van der Waals surface area contributed by atoms with E-state index in [1.165, 1.54) is 4.90 Å². The molecule has 5 heterocycles. The number of anilines is 4. The van der Waals surface area contributed by atoms with Crippen molar-refractivity contribution in [3.63, 3.8) is 0 Å². The minimum Gasteiger partial charge on any atom is -0.492 e. The van der Waals surface area contributed by atoms with Crippen LogP contribution in [-0.4, -0.2) is 76.6 Å². The molecule has 53 heavy (non-hydrogen) atoms. The van der Waals surface area contributed by atoms with Crippen molar-refractivity contribution in [2.45, 2.75) is 39.9 Å². The van der Waals surface area contributed by atoms with Crippen LogP contribution >= 0.6 is 11.6 Å². The highest BCUT2D eigenvalue weighted by molar-refractivity contribution is 6.39. The molecular formula is C36H38ClF3N8O5. The van der Waals surface area contributed by atoms with Crippen LogP contribution < -0.4 is 30.7 Å². The summed E-state index contributed by atoms with van der Waals surface area (Å²) in [5.74, 6) is -1.72. The van der Waals surface area contributed by atoms with Crippen LogP contribution in [0.5, 0.6) is 11.8 Å². The molecule has 3 aromatic carbocycles. The van der Waals surface area contributed by atoms with Gasteiger partial charge in [-0.05, 0) is 72.9 Å². The van der Waals surface area contributed by atoms with Gasteiger partial charge >= 0.3 is 24.0 Å². The second kappa shape index (κ2) is 16.8. The summed E-state index contributed by atoms with van der Waals surface area (Å²) >= 11 is 6.51. The summed E-state index contributed by atoms with van der Waals surface area (Å²) in [5.41, 5.74) is 2.25. The Balaban J connectivity index is 1.38. The van der Waals surface area contributed by atoms with Crippen LogP contribution in [0.1, 0.15) is 41.8 Å². The molecule has 0 spiro atoms. The van der Waals surface area contributed by atoms with E-state index >= 15 is 0 Å². The fraction of sp³-hybridized carbons (Fsp3) is 0.333. The normalized spacial score (nSPS) is 15.2. The maximum atomic E-state index is 13.5. The van der Waals surface area contributed by atoms with Crippen molar-refractivity contribution in [1.82, 2.24) is 25.2 Å². The number of benzene rings is 3. The Labute approximate surface area is 308 Å². The number of aromatic nitrogens is 3. The quantitative estimate of drug-likeness (QED) is 0.179. The predicted octanol–water partition coefficient (Wildman–Crippen LogP) is 6.14. The zero-order valence-corrected chi connectivity index (χ0v) is 29.9. The van der Waals surface area contributed by atoms with Crippen LogP contribution in [0.25, 0.3) is 0 Å². The van der Waals surface area contributed by atoms with E-state index in [4.69, 9.17) is 21.1 Å². The lowest BCUT2D eigenvalue weighted by Crippen LogP contribution is -2.48. The van der Waals surface area contributed by atoms with Gasteiger partial charge in [0.1, 0.15) is 5.75 Å². The lowest BCUT2D eigenvalue weighted by atomic mass is 9.92. The fourth-order valence-corrected chi connectivity index (χ4v) is 5.40. The number of hydrogen-bond acceptors (Lipinski definition) is 10. The molecule has 0 atom stereocenters. The highest BCUT2D eigenvalue weighted by Crippen LogP contribution is 2.27. The van der Waals surface area contributed by atoms with E-state index in [1.54, 1.807) is 54.6 Å². The van der Waals surface area contributed by atoms with E-state index < -0.39 is 36.0 Å². The Bertz CT molecular complexity index is 1930. The van der Waals surface area contributed by atoms with E-state index in [0.29, 0.717) is 34.7 Å². The van der Waals surface area contributed by atoms with Gasteiger partial charge in [0.2, 0.25) is 11.9 Å². The number of nitrogens with zero attached hydrogens (tertiary/aromatic N) is 4. The zero-order chi connectivity index (χ0) is 38.2. The molecule has 6 bridgehead atoms. The second-order valence-electron chi connectivity index (χ2n) is 13.1. The molecule has 17 heteroatoms. The third kappa shape index (κ3) is 11.7. The predicted molar refractivity (Wildman–Crippen MR) is 192 cm³/mol. The van der Waals surface area contributed by atoms with Crippen LogP contribution in [0.4, 0.5) is 36.4 Å². The van der Waals surface area contributed by atoms with Gasteiger partial charge in [0.15, 0.2) is 6.61 Å². The molecule has 8 rings (SSSR count). The average Bonchev–Trinajstić information content (AvgIpc) is 3.11. The number of ether oxygens (including phenoxy) is 2. The molecule has 0 fully saturated rings. The number of hydrogen-bond donors (Lipinski definition) is 4. The van der Waals surface area contributed by atoms with Gasteiger partial charge in [-0.3, -0.25) is 14.4 Å². The van der Waals surface area contributed by atoms with Gasteiger partial charge in [0, 0.05) is 43.1 Å². The molecule has 0 saturated carbocycles. The van der Waals surface area contributed by atoms with Crippen molar-refractivity contribution in [2.24, 2.45) is 5.41 Å². The molecule has 3 amide bonds. The van der Waals surface area contributed by atoms with Gasteiger partial charge in [0.25, 0.3) is 5.91 Å². The summed E-state index contributed by atoms with van der Waals surface area (Å²) in [7, 11) is 0. The maximum Gasteiger partial charge on any atom is 0.422 e. The number of alkyl halides is 3. The van der Waals surface area contributed by atoms with Crippen molar-refractivity contribution in [3.8, 4) is 11.8 Å². The minimum absolute atomic E-state index is 0.0733. The molecule has 4 aromatic rings. The third-order valence-electron chi connectivity index (χ3n) is 7.80. The number of aryl methyl sites for hydroxylation is 1. The molecule has 13 nitrogen and oxygen atoms in total. The molecule has 4 aliphatic rings. The van der Waals surface area contributed by atoms with Gasteiger partial charge in [0.05, 0.1) is 11.6 Å². The Morgan fingerprint density at radius 3 is 2.42 bits per heavy atom. The van der Waals surface area contributed by atoms with Gasteiger partial charge in [-0.15, -0.1) is 0 Å². The second-order valence-corrected chi connectivity index (χ2v) is 13.5. The summed E-state index contributed by atoms with van der Waals surface area (Å²) in [6.45, 7) is 4.81. The van der Waals surface area contributed by atoms with Crippen molar-refractivity contribution < 1.29 is 37.0 Å². The molecule has 4 aliphatic heterocycles. The summed E-state index contributed by atoms with van der Waals surface area (Å²) in [6.07, 6.45) is -4.26. The van der Waals surface area contributed by atoms with E-state index in [1.807, 2.05) is 32.9 Å². The zero-order valence-electron chi connectivity index (χ0n) is 29.1. The molecule has 0 radical (unpaired) electrons. The monoisotopic (exact) mass is 754 g/mol. The first kappa shape index (κ1) is 38.6. The van der Waals surface area contributed by atoms with Gasteiger partial charge < -0.3 is 35.6 Å². The first-order chi connectivity index (χ1) is 25.1. The number of amides is 3. The van der Waals surface area contributed by atoms with Crippen LogP contribution in [0.3, 0.4) is 0 Å². The number of rotatable bonds is 3. The number of nitrogens with one attached hydrogen (secondary N) is 4. The Kier molecular flexibility index (Phi) is 12.2.